The maximum atomic E-state index is 11.3. The molecule has 0 saturated carbocycles. The molecule has 7 heteroatoms. The van der Waals surface area contributed by atoms with Gasteiger partial charge in [0, 0.05) is 0 Å². The number of hydrogen-bond acceptors (Lipinski definition) is 6. The summed E-state index contributed by atoms with van der Waals surface area (Å²) in [6.07, 6.45) is 0.885. The van der Waals surface area contributed by atoms with Gasteiger partial charge < -0.3 is 21.5 Å². The van der Waals surface area contributed by atoms with Crippen LogP contribution in [0.5, 0.6) is 0 Å². The fourth-order valence-electron chi connectivity index (χ4n) is 1.04. The molecule has 0 unspecified atom stereocenters. The molecular formula is C12H17N5O2. The molecule has 19 heavy (non-hydrogen) atoms. The van der Waals surface area contributed by atoms with Gasteiger partial charge in [0.25, 0.3) is 0 Å². The van der Waals surface area contributed by atoms with Crippen LogP contribution in [0.3, 0.4) is 0 Å². The van der Waals surface area contributed by atoms with Crippen molar-refractivity contribution < 1.29 is 9.53 Å². The molecular weight excluding hydrogens is 246 g/mol. The second-order valence-electron chi connectivity index (χ2n) is 4.68. The molecule has 1 aromatic heterocycles. The van der Waals surface area contributed by atoms with Crippen LogP contribution in [0.15, 0.2) is 6.20 Å². The third-order valence-electron chi connectivity index (χ3n) is 1.77. The molecule has 7 nitrogen and oxygen atoms in total. The highest BCUT2D eigenvalue weighted by molar-refractivity contribution is 5.68. The molecule has 0 bridgehead atoms. The largest absolute Gasteiger partial charge is 0.444 e. The Kier molecular flexibility index (Phi) is 4.53. The van der Waals surface area contributed by atoms with Gasteiger partial charge in [-0.25, -0.2) is 14.8 Å². The predicted octanol–water partition coefficient (Wildman–Crippen LogP) is 0.517. The van der Waals surface area contributed by atoms with Gasteiger partial charge >= 0.3 is 6.09 Å². The third-order valence-corrected chi connectivity index (χ3v) is 1.77. The second-order valence-corrected chi connectivity index (χ2v) is 4.68. The molecule has 1 amide bonds. The minimum Gasteiger partial charge on any atom is -0.444 e. The van der Waals surface area contributed by atoms with Crippen molar-refractivity contribution in [2.75, 3.05) is 18.0 Å². The predicted molar refractivity (Wildman–Crippen MR) is 72.0 cm³/mol. The van der Waals surface area contributed by atoms with Crippen molar-refractivity contribution in [1.29, 1.82) is 0 Å². The topological polar surface area (TPSA) is 116 Å². The van der Waals surface area contributed by atoms with Crippen LogP contribution < -0.4 is 16.8 Å². The van der Waals surface area contributed by atoms with Crippen LogP contribution in [0.1, 0.15) is 26.5 Å². The number of nitrogens with two attached hydrogens (primary N) is 2. The first-order chi connectivity index (χ1) is 8.78. The van der Waals surface area contributed by atoms with Crippen molar-refractivity contribution in [1.82, 2.24) is 15.3 Å². The normalized spacial score (nSPS) is 10.3. The summed E-state index contributed by atoms with van der Waals surface area (Å²) in [4.78, 5) is 19.0. The van der Waals surface area contributed by atoms with Crippen molar-refractivity contribution in [2.45, 2.75) is 26.4 Å². The Morgan fingerprint density at radius 1 is 1.42 bits per heavy atom. The summed E-state index contributed by atoms with van der Waals surface area (Å²) in [6, 6.07) is 0. The van der Waals surface area contributed by atoms with Gasteiger partial charge in [-0.05, 0) is 26.7 Å². The smallest absolute Gasteiger partial charge is 0.408 e. The Balaban J connectivity index is 2.47. The average molecular weight is 263 g/mol. The molecule has 0 radical (unpaired) electrons. The summed E-state index contributed by atoms with van der Waals surface area (Å²) in [5.41, 5.74) is 10.8. The second kappa shape index (κ2) is 5.91. The molecule has 0 atom stereocenters. The molecule has 1 heterocycles. The molecule has 0 fully saturated rings. The van der Waals surface area contributed by atoms with Crippen LogP contribution >= 0.6 is 0 Å². The van der Waals surface area contributed by atoms with Gasteiger partial charge in [0.15, 0.2) is 11.6 Å². The zero-order valence-electron chi connectivity index (χ0n) is 11.2. The van der Waals surface area contributed by atoms with E-state index in [0.29, 0.717) is 5.69 Å². The number of carbonyl (C=O) groups is 1. The molecule has 1 rings (SSSR count). The summed E-state index contributed by atoms with van der Waals surface area (Å²) in [5, 5.41) is 2.50. The lowest BCUT2D eigenvalue weighted by molar-refractivity contribution is 0.0535. The summed E-state index contributed by atoms with van der Waals surface area (Å²) in [6.45, 7) is 5.49. The number of rotatable bonds is 1. The van der Waals surface area contributed by atoms with E-state index < -0.39 is 11.7 Å². The lowest BCUT2D eigenvalue weighted by Gasteiger charge is -2.18. The molecule has 0 aliphatic carbocycles. The third kappa shape index (κ3) is 5.59. The van der Waals surface area contributed by atoms with Gasteiger partial charge in [-0.1, -0.05) is 5.92 Å². The maximum absolute atomic E-state index is 11.3. The number of ether oxygens (including phenoxy) is 1. The zero-order valence-corrected chi connectivity index (χ0v) is 11.2. The van der Waals surface area contributed by atoms with E-state index in [-0.39, 0.29) is 18.2 Å². The quantitative estimate of drug-likeness (QED) is 0.636. The number of nitrogen functional groups attached to an aromatic ring is 2. The number of nitrogens with zero attached hydrogens (tertiary/aromatic N) is 2. The Labute approximate surface area is 111 Å². The lowest BCUT2D eigenvalue weighted by Crippen LogP contribution is -2.32. The van der Waals surface area contributed by atoms with Crippen LogP contribution in [0, 0.1) is 11.8 Å². The van der Waals surface area contributed by atoms with E-state index in [0.717, 1.165) is 0 Å². The molecule has 5 N–H and O–H groups in total. The SMILES string of the molecule is CC(C)(C)OC(=O)NCC#Cc1cnc(N)c(N)n1. The molecule has 0 aliphatic heterocycles. The van der Waals surface area contributed by atoms with Gasteiger partial charge in [0.05, 0.1) is 12.7 Å². The highest BCUT2D eigenvalue weighted by Gasteiger charge is 2.14. The first-order valence-electron chi connectivity index (χ1n) is 5.61. The lowest BCUT2D eigenvalue weighted by atomic mass is 10.2. The number of aromatic nitrogens is 2. The van der Waals surface area contributed by atoms with E-state index in [2.05, 4.69) is 27.1 Å². The summed E-state index contributed by atoms with van der Waals surface area (Å²) < 4.78 is 5.04. The fraction of sp³-hybridized carbons (Fsp3) is 0.417. The van der Waals surface area contributed by atoms with Crippen molar-refractivity contribution in [3.05, 3.63) is 11.9 Å². The highest BCUT2D eigenvalue weighted by atomic mass is 16.6. The number of amides is 1. The summed E-state index contributed by atoms with van der Waals surface area (Å²) in [7, 11) is 0. The molecule has 0 spiro atoms. The standard InChI is InChI=1S/C12H17N5O2/c1-12(2,3)19-11(18)15-6-4-5-8-7-16-9(13)10(14)17-8/h7H,6H2,1-3H3,(H2,13,16)(H2,14,17)(H,15,18). The van der Waals surface area contributed by atoms with Crippen molar-refractivity contribution in [3.63, 3.8) is 0 Å². The van der Waals surface area contributed by atoms with E-state index in [9.17, 15) is 4.79 Å². The summed E-state index contributed by atoms with van der Waals surface area (Å²) >= 11 is 0. The molecule has 102 valence electrons. The monoisotopic (exact) mass is 263 g/mol. The van der Waals surface area contributed by atoms with E-state index in [1.807, 2.05) is 0 Å². The summed E-state index contributed by atoms with van der Waals surface area (Å²) in [5.74, 6) is 5.70. The van der Waals surface area contributed by atoms with Crippen LogP contribution in [-0.2, 0) is 4.74 Å². The van der Waals surface area contributed by atoms with Crippen molar-refractivity contribution in [2.24, 2.45) is 0 Å². The van der Waals surface area contributed by atoms with Crippen LogP contribution in [0.2, 0.25) is 0 Å². The molecule has 0 saturated heterocycles. The Bertz CT molecular complexity index is 525. The average Bonchev–Trinajstić information content (AvgIpc) is 2.27. The number of alkyl carbamates (subject to hydrolysis) is 1. The number of hydrogen-bond donors (Lipinski definition) is 3. The Hall–Kier alpha value is -2.49. The zero-order chi connectivity index (χ0) is 14.5. The first-order valence-corrected chi connectivity index (χ1v) is 5.61. The van der Waals surface area contributed by atoms with Gasteiger partial charge in [0.2, 0.25) is 0 Å². The van der Waals surface area contributed by atoms with Crippen molar-refractivity contribution >= 4 is 17.7 Å². The molecule has 1 aromatic rings. The fourth-order valence-corrected chi connectivity index (χ4v) is 1.04. The van der Waals surface area contributed by atoms with Gasteiger partial charge in [-0.3, -0.25) is 0 Å². The highest BCUT2D eigenvalue weighted by Crippen LogP contribution is 2.06. The van der Waals surface area contributed by atoms with E-state index >= 15 is 0 Å². The first kappa shape index (κ1) is 14.6. The molecule has 0 aliphatic rings. The Morgan fingerprint density at radius 3 is 2.68 bits per heavy atom. The minimum absolute atomic E-state index is 0.131. The van der Waals surface area contributed by atoms with Gasteiger partial charge in [0.1, 0.15) is 11.3 Å². The Morgan fingerprint density at radius 2 is 2.11 bits per heavy atom. The maximum Gasteiger partial charge on any atom is 0.408 e. The number of carbonyl (C=O) groups excluding carboxylic acids is 1. The van der Waals surface area contributed by atoms with Gasteiger partial charge in [-0.15, -0.1) is 0 Å². The number of nitrogens with one attached hydrogen (secondary N) is 1. The van der Waals surface area contributed by atoms with Crippen LogP contribution in [0.4, 0.5) is 16.4 Å². The van der Waals surface area contributed by atoms with E-state index in [4.69, 9.17) is 16.2 Å². The van der Waals surface area contributed by atoms with Crippen LogP contribution in [0.25, 0.3) is 0 Å². The van der Waals surface area contributed by atoms with Gasteiger partial charge in [-0.2, -0.15) is 0 Å². The number of anilines is 2. The van der Waals surface area contributed by atoms with E-state index in [1.165, 1.54) is 6.20 Å². The van der Waals surface area contributed by atoms with E-state index in [1.54, 1.807) is 20.8 Å². The van der Waals surface area contributed by atoms with Crippen molar-refractivity contribution in [3.8, 4) is 11.8 Å². The molecule has 0 aromatic carbocycles. The van der Waals surface area contributed by atoms with Crippen LogP contribution in [-0.4, -0.2) is 28.2 Å². The minimum atomic E-state index is -0.533.